The zero-order valence-corrected chi connectivity index (χ0v) is 15.8. The zero-order chi connectivity index (χ0) is 17.9. The number of methoxy groups -OCH3 is 1. The van der Waals surface area contributed by atoms with Crippen LogP contribution in [0.1, 0.15) is 21.7 Å². The number of ether oxygens (including phenoxy) is 1. The third-order valence-corrected chi connectivity index (χ3v) is 5.68. The number of hydrogen-bond donors (Lipinski definition) is 1. The molecule has 5 nitrogen and oxygen atoms in total. The second-order valence-electron chi connectivity index (χ2n) is 6.51. The molecule has 0 fully saturated rings. The molecule has 26 heavy (non-hydrogen) atoms. The highest BCUT2D eigenvalue weighted by molar-refractivity contribution is 7.10. The zero-order valence-electron chi connectivity index (χ0n) is 15.0. The largest absolute Gasteiger partial charge is 0.497 e. The number of hydrogen-bond acceptors (Lipinski definition) is 6. The van der Waals surface area contributed by atoms with Gasteiger partial charge in [0.25, 0.3) is 0 Å². The summed E-state index contributed by atoms with van der Waals surface area (Å²) in [6.07, 6.45) is 2.91. The van der Waals surface area contributed by atoms with Gasteiger partial charge >= 0.3 is 0 Å². The van der Waals surface area contributed by atoms with E-state index >= 15 is 0 Å². The maximum atomic E-state index is 5.26. The van der Waals surface area contributed by atoms with Gasteiger partial charge in [0.05, 0.1) is 12.8 Å². The van der Waals surface area contributed by atoms with Gasteiger partial charge in [0.1, 0.15) is 5.75 Å². The van der Waals surface area contributed by atoms with Crippen molar-refractivity contribution in [2.45, 2.75) is 26.4 Å². The number of benzene rings is 1. The average Bonchev–Trinajstić information content (AvgIpc) is 3.06. The lowest BCUT2D eigenvalue weighted by Gasteiger charge is -2.27. The fourth-order valence-corrected chi connectivity index (χ4v) is 4.12. The van der Waals surface area contributed by atoms with Gasteiger partial charge in [-0.3, -0.25) is 4.90 Å². The first kappa shape index (κ1) is 17.0. The fourth-order valence-electron chi connectivity index (χ4n) is 3.17. The standard InChI is InChI=1S/C20H22N4OS/c1-14-7-9-26-19(14)13-24-8-6-18-15(12-24)11-21-20(23-18)22-16-4-3-5-17(10-16)25-2/h3-5,7,9-11H,6,8,12-13H2,1-2H3,(H,21,22,23). The second-order valence-corrected chi connectivity index (χ2v) is 7.51. The van der Waals surface area contributed by atoms with Crippen LogP contribution in [0.2, 0.25) is 0 Å². The molecule has 4 rings (SSSR count). The first-order valence-electron chi connectivity index (χ1n) is 8.72. The van der Waals surface area contributed by atoms with Gasteiger partial charge in [-0.2, -0.15) is 0 Å². The highest BCUT2D eigenvalue weighted by Gasteiger charge is 2.19. The van der Waals surface area contributed by atoms with Crippen LogP contribution >= 0.6 is 11.3 Å². The Labute approximate surface area is 157 Å². The summed E-state index contributed by atoms with van der Waals surface area (Å²) in [5, 5.41) is 5.44. The Bertz CT molecular complexity index is 908. The van der Waals surface area contributed by atoms with Gasteiger partial charge in [0.2, 0.25) is 5.95 Å². The molecule has 134 valence electrons. The van der Waals surface area contributed by atoms with Crippen LogP contribution < -0.4 is 10.1 Å². The molecule has 0 saturated heterocycles. The van der Waals surface area contributed by atoms with Crippen molar-refractivity contribution in [2.24, 2.45) is 0 Å². The molecule has 1 aliphatic rings. The van der Waals surface area contributed by atoms with E-state index in [2.05, 4.69) is 33.6 Å². The third kappa shape index (κ3) is 3.71. The van der Waals surface area contributed by atoms with E-state index in [-0.39, 0.29) is 0 Å². The number of thiophene rings is 1. The molecule has 0 atom stereocenters. The van der Waals surface area contributed by atoms with E-state index in [0.29, 0.717) is 5.95 Å². The van der Waals surface area contributed by atoms with Crippen molar-refractivity contribution >= 4 is 23.0 Å². The molecule has 0 saturated carbocycles. The van der Waals surface area contributed by atoms with Crippen molar-refractivity contribution in [1.82, 2.24) is 14.9 Å². The van der Waals surface area contributed by atoms with Gasteiger partial charge in [0.15, 0.2) is 0 Å². The summed E-state index contributed by atoms with van der Waals surface area (Å²) >= 11 is 1.84. The van der Waals surface area contributed by atoms with Crippen LogP contribution in [0.15, 0.2) is 41.9 Å². The van der Waals surface area contributed by atoms with Crippen molar-refractivity contribution in [3.63, 3.8) is 0 Å². The predicted octanol–water partition coefficient (Wildman–Crippen LogP) is 4.16. The van der Waals surface area contributed by atoms with Crippen molar-refractivity contribution in [1.29, 1.82) is 0 Å². The molecule has 0 spiro atoms. The monoisotopic (exact) mass is 366 g/mol. The van der Waals surface area contributed by atoms with Crippen LogP contribution in [0, 0.1) is 6.92 Å². The molecule has 1 aromatic carbocycles. The average molecular weight is 366 g/mol. The normalized spacial score (nSPS) is 14.1. The van der Waals surface area contributed by atoms with E-state index in [4.69, 9.17) is 9.72 Å². The Hall–Kier alpha value is -2.44. The number of anilines is 2. The van der Waals surface area contributed by atoms with Crippen LogP contribution in [0.5, 0.6) is 5.75 Å². The SMILES string of the molecule is COc1cccc(Nc2ncc3c(n2)CCN(Cc2sccc2C)C3)c1. The van der Waals surface area contributed by atoms with E-state index in [1.54, 1.807) is 7.11 Å². The number of fused-ring (bicyclic) bond motifs is 1. The van der Waals surface area contributed by atoms with Gasteiger partial charge < -0.3 is 10.1 Å². The van der Waals surface area contributed by atoms with Gasteiger partial charge in [0, 0.05) is 54.4 Å². The minimum Gasteiger partial charge on any atom is -0.497 e. The maximum absolute atomic E-state index is 5.26. The van der Waals surface area contributed by atoms with Crippen molar-refractivity contribution in [2.75, 3.05) is 19.0 Å². The van der Waals surface area contributed by atoms with E-state index < -0.39 is 0 Å². The summed E-state index contributed by atoms with van der Waals surface area (Å²) in [6, 6.07) is 9.98. The van der Waals surface area contributed by atoms with Gasteiger partial charge in [-0.15, -0.1) is 11.3 Å². The van der Waals surface area contributed by atoms with Crippen LogP contribution in [0.4, 0.5) is 11.6 Å². The van der Waals surface area contributed by atoms with Gasteiger partial charge in [-0.25, -0.2) is 9.97 Å². The molecule has 0 radical (unpaired) electrons. The molecule has 1 aliphatic heterocycles. The molecule has 0 bridgehead atoms. The van der Waals surface area contributed by atoms with E-state index in [0.717, 1.165) is 43.2 Å². The third-order valence-electron chi connectivity index (χ3n) is 4.67. The number of aryl methyl sites for hydroxylation is 1. The Morgan fingerprint density at radius 3 is 3.04 bits per heavy atom. The summed E-state index contributed by atoms with van der Waals surface area (Å²) in [6.45, 7) is 5.13. The lowest BCUT2D eigenvalue weighted by atomic mass is 10.1. The van der Waals surface area contributed by atoms with E-state index in [1.807, 2.05) is 41.8 Å². The smallest absolute Gasteiger partial charge is 0.227 e. The summed E-state index contributed by atoms with van der Waals surface area (Å²) in [5.41, 5.74) is 4.68. The Morgan fingerprint density at radius 2 is 2.23 bits per heavy atom. The summed E-state index contributed by atoms with van der Waals surface area (Å²) in [5.74, 6) is 1.45. The fraction of sp³-hybridized carbons (Fsp3) is 0.300. The highest BCUT2D eigenvalue weighted by atomic mass is 32.1. The highest BCUT2D eigenvalue weighted by Crippen LogP contribution is 2.24. The first-order valence-corrected chi connectivity index (χ1v) is 9.60. The minimum atomic E-state index is 0.638. The summed E-state index contributed by atoms with van der Waals surface area (Å²) < 4.78 is 5.26. The molecule has 0 aliphatic carbocycles. The van der Waals surface area contributed by atoms with E-state index in [1.165, 1.54) is 16.0 Å². The molecule has 3 heterocycles. The molecule has 1 N–H and O–H groups in total. The molecular formula is C20H22N4OS. The molecule has 0 unspecified atom stereocenters. The summed E-state index contributed by atoms with van der Waals surface area (Å²) in [4.78, 5) is 13.2. The van der Waals surface area contributed by atoms with Gasteiger partial charge in [-0.05, 0) is 36.1 Å². The summed E-state index contributed by atoms with van der Waals surface area (Å²) in [7, 11) is 1.66. The molecule has 0 amide bonds. The van der Waals surface area contributed by atoms with Crippen LogP contribution in [0.25, 0.3) is 0 Å². The van der Waals surface area contributed by atoms with Crippen molar-refractivity contribution in [3.8, 4) is 5.75 Å². The predicted molar refractivity (Wildman–Crippen MR) is 105 cm³/mol. The lowest BCUT2D eigenvalue weighted by molar-refractivity contribution is 0.244. The van der Waals surface area contributed by atoms with Gasteiger partial charge in [-0.1, -0.05) is 6.07 Å². The number of rotatable bonds is 5. The van der Waals surface area contributed by atoms with E-state index in [9.17, 15) is 0 Å². The number of aromatic nitrogens is 2. The second kappa shape index (κ2) is 7.43. The topological polar surface area (TPSA) is 50.3 Å². The van der Waals surface area contributed by atoms with Crippen molar-refractivity contribution in [3.05, 3.63) is 63.6 Å². The Kier molecular flexibility index (Phi) is 4.86. The molecular weight excluding hydrogens is 344 g/mol. The Balaban J connectivity index is 1.45. The van der Waals surface area contributed by atoms with Crippen LogP contribution in [-0.4, -0.2) is 28.5 Å². The number of nitrogens with one attached hydrogen (secondary N) is 1. The quantitative estimate of drug-likeness (QED) is 0.735. The maximum Gasteiger partial charge on any atom is 0.227 e. The van der Waals surface area contributed by atoms with Crippen LogP contribution in [0.3, 0.4) is 0 Å². The molecule has 6 heteroatoms. The molecule has 3 aromatic rings. The molecule has 2 aromatic heterocycles. The lowest BCUT2D eigenvalue weighted by Crippen LogP contribution is -2.30. The minimum absolute atomic E-state index is 0.638. The Morgan fingerprint density at radius 1 is 1.31 bits per heavy atom. The number of nitrogens with zero attached hydrogens (tertiary/aromatic N) is 3. The van der Waals surface area contributed by atoms with Crippen LogP contribution in [-0.2, 0) is 19.5 Å². The first-order chi connectivity index (χ1) is 12.7. The van der Waals surface area contributed by atoms with Crippen molar-refractivity contribution < 1.29 is 4.74 Å².